The SMILES string of the molecule is O=C(CNC1(CO)CCCC1)Nc1cccc2c1N=S=N2. The predicted molar refractivity (Wildman–Crippen MR) is 82.9 cm³/mol. The number of fused-ring (bicyclic) bond motifs is 1. The van der Waals surface area contributed by atoms with Gasteiger partial charge in [0.1, 0.15) is 11.4 Å². The van der Waals surface area contributed by atoms with Gasteiger partial charge in [-0.25, -0.2) is 0 Å². The summed E-state index contributed by atoms with van der Waals surface area (Å²) in [5.74, 6) is -0.129. The number of hydrogen-bond donors (Lipinski definition) is 3. The maximum absolute atomic E-state index is 12.1. The second-order valence-electron chi connectivity index (χ2n) is 5.48. The van der Waals surface area contributed by atoms with Crippen LogP contribution in [-0.4, -0.2) is 29.7 Å². The third-order valence-electron chi connectivity index (χ3n) is 4.05. The minimum absolute atomic E-state index is 0.0753. The molecule has 0 aromatic heterocycles. The lowest BCUT2D eigenvalue weighted by atomic mass is 9.99. The molecule has 0 unspecified atom stereocenters. The van der Waals surface area contributed by atoms with Crippen molar-refractivity contribution < 1.29 is 9.90 Å². The van der Waals surface area contributed by atoms with Gasteiger partial charge in [0.25, 0.3) is 0 Å². The van der Waals surface area contributed by atoms with Gasteiger partial charge in [-0.15, -0.1) is 0 Å². The average molecular weight is 306 g/mol. The molecule has 1 fully saturated rings. The van der Waals surface area contributed by atoms with Gasteiger partial charge in [-0.05, 0) is 25.0 Å². The zero-order chi connectivity index (χ0) is 14.7. The molecule has 1 aliphatic carbocycles. The molecular weight excluding hydrogens is 288 g/mol. The predicted octanol–water partition coefficient (Wildman–Crippen LogP) is 2.25. The third kappa shape index (κ3) is 3.04. The summed E-state index contributed by atoms with van der Waals surface area (Å²) in [5.41, 5.74) is 1.89. The fourth-order valence-corrected chi connectivity index (χ4v) is 3.36. The quantitative estimate of drug-likeness (QED) is 0.792. The van der Waals surface area contributed by atoms with Crippen molar-refractivity contribution in [2.24, 2.45) is 8.73 Å². The molecule has 7 heteroatoms. The Hall–Kier alpha value is -1.57. The van der Waals surface area contributed by atoms with Gasteiger partial charge in [-0.3, -0.25) is 4.79 Å². The summed E-state index contributed by atoms with van der Waals surface area (Å²) >= 11 is 1.13. The molecule has 1 saturated carbocycles. The molecule has 0 atom stereocenters. The van der Waals surface area contributed by atoms with Crippen LogP contribution in [0.4, 0.5) is 17.1 Å². The van der Waals surface area contributed by atoms with Crippen LogP contribution in [0.1, 0.15) is 25.7 Å². The number of carbonyl (C=O) groups is 1. The molecule has 112 valence electrons. The van der Waals surface area contributed by atoms with Crippen molar-refractivity contribution in [2.75, 3.05) is 18.5 Å². The molecule has 1 heterocycles. The highest BCUT2D eigenvalue weighted by Crippen LogP contribution is 2.38. The molecule has 0 saturated heterocycles. The molecule has 3 rings (SSSR count). The zero-order valence-corrected chi connectivity index (χ0v) is 12.4. The average Bonchev–Trinajstić information content (AvgIpc) is 3.15. The normalized spacial score (nSPS) is 18.3. The van der Waals surface area contributed by atoms with Crippen LogP contribution in [0.5, 0.6) is 0 Å². The molecule has 0 radical (unpaired) electrons. The lowest BCUT2D eigenvalue weighted by Crippen LogP contribution is -2.49. The number of aliphatic hydroxyl groups excluding tert-OH is 1. The summed E-state index contributed by atoms with van der Waals surface area (Å²) in [5, 5.41) is 15.6. The monoisotopic (exact) mass is 306 g/mol. The summed E-state index contributed by atoms with van der Waals surface area (Å²) in [6, 6.07) is 5.53. The second-order valence-corrected chi connectivity index (χ2v) is 6.01. The van der Waals surface area contributed by atoms with E-state index in [2.05, 4.69) is 19.4 Å². The standard InChI is InChI=1S/C14H18N4O2S/c19-9-14(6-1-2-7-14)15-8-12(20)16-10-4-3-5-11-13(10)18-21-17-11/h3-5,15,19H,1-2,6-9H2,(H,16,20). The highest BCUT2D eigenvalue weighted by Gasteiger charge is 2.33. The summed E-state index contributed by atoms with van der Waals surface area (Å²) in [6.45, 7) is 0.264. The first kappa shape index (κ1) is 14.4. The number of amides is 1. The van der Waals surface area contributed by atoms with E-state index < -0.39 is 0 Å². The molecule has 1 aliphatic heterocycles. The van der Waals surface area contributed by atoms with Crippen LogP contribution in [0.2, 0.25) is 0 Å². The van der Waals surface area contributed by atoms with Gasteiger partial charge in [0.15, 0.2) is 0 Å². The maximum Gasteiger partial charge on any atom is 0.238 e. The minimum Gasteiger partial charge on any atom is -0.394 e. The molecule has 0 spiro atoms. The number of hydrogen-bond acceptors (Lipinski definition) is 5. The van der Waals surface area contributed by atoms with E-state index >= 15 is 0 Å². The van der Waals surface area contributed by atoms with E-state index in [-0.39, 0.29) is 24.6 Å². The van der Waals surface area contributed by atoms with Crippen molar-refractivity contribution >= 4 is 34.3 Å². The van der Waals surface area contributed by atoms with Gasteiger partial charge in [0, 0.05) is 5.54 Å². The van der Waals surface area contributed by atoms with Crippen molar-refractivity contribution in [3.8, 4) is 0 Å². The Labute approximate surface area is 126 Å². The van der Waals surface area contributed by atoms with Crippen LogP contribution in [-0.2, 0) is 16.1 Å². The minimum atomic E-state index is -0.286. The molecule has 1 amide bonds. The Balaban J connectivity index is 1.60. The van der Waals surface area contributed by atoms with Gasteiger partial charge in [0.05, 0.1) is 30.2 Å². The first-order chi connectivity index (χ1) is 10.2. The number of rotatable bonds is 5. The Morgan fingerprint density at radius 2 is 2.14 bits per heavy atom. The highest BCUT2D eigenvalue weighted by molar-refractivity contribution is 7.58. The van der Waals surface area contributed by atoms with Crippen molar-refractivity contribution in [3.05, 3.63) is 18.2 Å². The largest absolute Gasteiger partial charge is 0.394 e. The second kappa shape index (κ2) is 6.05. The van der Waals surface area contributed by atoms with Gasteiger partial charge in [0.2, 0.25) is 5.91 Å². The summed E-state index contributed by atoms with van der Waals surface area (Å²) in [6.07, 6.45) is 4.03. The molecule has 6 nitrogen and oxygen atoms in total. The van der Waals surface area contributed by atoms with Gasteiger partial charge >= 0.3 is 0 Å². The van der Waals surface area contributed by atoms with Crippen molar-refractivity contribution in [1.82, 2.24) is 5.32 Å². The van der Waals surface area contributed by atoms with Crippen molar-refractivity contribution in [2.45, 2.75) is 31.2 Å². The Morgan fingerprint density at radius 1 is 1.33 bits per heavy atom. The lowest BCUT2D eigenvalue weighted by Gasteiger charge is -2.27. The number of nitrogens with one attached hydrogen (secondary N) is 2. The smallest absolute Gasteiger partial charge is 0.238 e. The van der Waals surface area contributed by atoms with Crippen molar-refractivity contribution in [3.63, 3.8) is 0 Å². The van der Waals surface area contributed by atoms with E-state index in [9.17, 15) is 9.90 Å². The summed E-state index contributed by atoms with van der Waals surface area (Å²) < 4.78 is 8.35. The zero-order valence-electron chi connectivity index (χ0n) is 11.6. The Kier molecular flexibility index (Phi) is 4.14. The highest BCUT2D eigenvalue weighted by atomic mass is 32.1. The summed E-state index contributed by atoms with van der Waals surface area (Å²) in [4.78, 5) is 12.1. The van der Waals surface area contributed by atoms with E-state index in [1.807, 2.05) is 18.2 Å². The van der Waals surface area contributed by atoms with Crippen LogP contribution in [0.3, 0.4) is 0 Å². The number of anilines is 1. The van der Waals surface area contributed by atoms with Crippen molar-refractivity contribution in [1.29, 1.82) is 0 Å². The van der Waals surface area contributed by atoms with Gasteiger partial charge in [-0.2, -0.15) is 8.73 Å². The fourth-order valence-electron chi connectivity index (χ4n) is 2.81. The van der Waals surface area contributed by atoms with Crippen LogP contribution in [0.25, 0.3) is 0 Å². The first-order valence-corrected chi connectivity index (χ1v) is 7.82. The number of nitrogens with zero attached hydrogens (tertiary/aromatic N) is 2. The van der Waals surface area contributed by atoms with Gasteiger partial charge in [-0.1, -0.05) is 18.9 Å². The van der Waals surface area contributed by atoms with E-state index in [1.165, 1.54) is 0 Å². The lowest BCUT2D eigenvalue weighted by molar-refractivity contribution is -0.115. The molecule has 1 aromatic carbocycles. The number of benzene rings is 1. The Morgan fingerprint density at radius 3 is 2.90 bits per heavy atom. The van der Waals surface area contributed by atoms with E-state index in [0.29, 0.717) is 11.4 Å². The first-order valence-electron chi connectivity index (χ1n) is 7.09. The number of carbonyl (C=O) groups excluding carboxylic acids is 1. The molecule has 1 aromatic rings. The summed E-state index contributed by atoms with van der Waals surface area (Å²) in [7, 11) is 0. The van der Waals surface area contributed by atoms with E-state index in [1.54, 1.807) is 0 Å². The van der Waals surface area contributed by atoms with Crippen LogP contribution < -0.4 is 10.6 Å². The molecular formula is C14H18N4O2S. The van der Waals surface area contributed by atoms with E-state index in [4.69, 9.17) is 0 Å². The van der Waals surface area contributed by atoms with Crippen LogP contribution in [0, 0.1) is 0 Å². The topological polar surface area (TPSA) is 86.1 Å². The maximum atomic E-state index is 12.1. The molecule has 0 bridgehead atoms. The Bertz CT molecular complexity index is 619. The van der Waals surface area contributed by atoms with Crippen LogP contribution >= 0.6 is 0 Å². The van der Waals surface area contributed by atoms with Crippen LogP contribution in [0.15, 0.2) is 26.9 Å². The molecule has 21 heavy (non-hydrogen) atoms. The third-order valence-corrected chi connectivity index (χ3v) is 4.59. The molecule has 2 aliphatic rings. The number of aliphatic hydroxyl groups is 1. The van der Waals surface area contributed by atoms with Gasteiger partial charge < -0.3 is 15.7 Å². The van der Waals surface area contributed by atoms with E-state index in [0.717, 1.165) is 42.7 Å². The molecule has 3 N–H and O–H groups in total. The fraction of sp³-hybridized carbons (Fsp3) is 0.500.